The number of aromatic nitrogens is 1. The van der Waals surface area contributed by atoms with Crippen molar-refractivity contribution < 1.29 is 14.3 Å². The standard InChI is InChI=1S/C20H22N2O3S/c1-13-19(15-6-4-5-7-16(15)22-13)26-11-10-21-20(23)14-8-9-17(24-2)18(12-14)25-3/h4-9,12,22H,10-11H2,1-3H3,(H,21,23). The van der Waals surface area contributed by atoms with Crippen LogP contribution < -0.4 is 14.8 Å². The molecule has 0 aliphatic heterocycles. The molecule has 1 heterocycles. The monoisotopic (exact) mass is 370 g/mol. The van der Waals surface area contributed by atoms with Crippen LogP contribution in [-0.4, -0.2) is 37.4 Å². The highest BCUT2D eigenvalue weighted by Crippen LogP contribution is 2.31. The molecule has 26 heavy (non-hydrogen) atoms. The maximum Gasteiger partial charge on any atom is 0.251 e. The van der Waals surface area contributed by atoms with E-state index in [9.17, 15) is 4.79 Å². The lowest BCUT2D eigenvalue weighted by molar-refractivity contribution is 0.0956. The van der Waals surface area contributed by atoms with Crippen molar-refractivity contribution in [3.05, 3.63) is 53.7 Å². The summed E-state index contributed by atoms with van der Waals surface area (Å²) in [5.41, 5.74) is 2.85. The molecule has 2 N–H and O–H groups in total. The van der Waals surface area contributed by atoms with Gasteiger partial charge in [-0.3, -0.25) is 4.79 Å². The maximum absolute atomic E-state index is 12.3. The number of nitrogens with one attached hydrogen (secondary N) is 2. The van der Waals surface area contributed by atoms with Crippen LogP contribution in [0.4, 0.5) is 0 Å². The highest BCUT2D eigenvalue weighted by molar-refractivity contribution is 7.99. The maximum atomic E-state index is 12.3. The Hall–Kier alpha value is -2.60. The van der Waals surface area contributed by atoms with Crippen LogP contribution in [0.5, 0.6) is 11.5 Å². The first-order chi connectivity index (χ1) is 12.6. The molecule has 0 aliphatic rings. The number of aromatic amines is 1. The second-order valence-corrected chi connectivity index (χ2v) is 6.90. The molecule has 0 spiro atoms. The Kier molecular flexibility index (Phi) is 5.73. The van der Waals surface area contributed by atoms with Crippen LogP contribution in [0.3, 0.4) is 0 Å². The van der Waals surface area contributed by atoms with E-state index in [2.05, 4.69) is 29.4 Å². The van der Waals surface area contributed by atoms with E-state index < -0.39 is 0 Å². The zero-order chi connectivity index (χ0) is 18.5. The summed E-state index contributed by atoms with van der Waals surface area (Å²) in [6, 6.07) is 13.4. The molecule has 5 nitrogen and oxygen atoms in total. The van der Waals surface area contributed by atoms with E-state index >= 15 is 0 Å². The number of hydrogen-bond donors (Lipinski definition) is 2. The minimum absolute atomic E-state index is 0.123. The van der Waals surface area contributed by atoms with Crippen molar-refractivity contribution >= 4 is 28.6 Å². The third-order valence-corrected chi connectivity index (χ3v) is 5.34. The average Bonchev–Trinajstić information content (AvgIpc) is 2.99. The van der Waals surface area contributed by atoms with Gasteiger partial charge in [-0.15, -0.1) is 11.8 Å². The van der Waals surface area contributed by atoms with Gasteiger partial charge in [-0.05, 0) is 31.2 Å². The van der Waals surface area contributed by atoms with Gasteiger partial charge < -0.3 is 19.8 Å². The molecule has 0 aliphatic carbocycles. The number of ether oxygens (including phenoxy) is 2. The van der Waals surface area contributed by atoms with E-state index in [1.807, 2.05) is 12.1 Å². The first kappa shape index (κ1) is 18.2. The van der Waals surface area contributed by atoms with Crippen LogP contribution in [0.2, 0.25) is 0 Å². The molecule has 1 aromatic heterocycles. The number of aryl methyl sites for hydroxylation is 1. The minimum atomic E-state index is -0.123. The van der Waals surface area contributed by atoms with E-state index in [1.54, 1.807) is 44.2 Å². The molecule has 1 amide bonds. The SMILES string of the molecule is COc1ccc(C(=O)NCCSc2c(C)[nH]c3ccccc23)cc1OC. The molecule has 0 saturated heterocycles. The number of H-pyrrole nitrogens is 1. The molecule has 3 aromatic rings. The Bertz CT molecular complexity index is 921. The van der Waals surface area contributed by atoms with Gasteiger partial charge in [0.05, 0.1) is 14.2 Å². The lowest BCUT2D eigenvalue weighted by Gasteiger charge is -2.10. The van der Waals surface area contributed by atoms with E-state index in [-0.39, 0.29) is 5.91 Å². The van der Waals surface area contributed by atoms with E-state index in [1.165, 1.54) is 10.3 Å². The quantitative estimate of drug-likeness (QED) is 0.487. The summed E-state index contributed by atoms with van der Waals surface area (Å²) in [7, 11) is 3.13. The molecule has 0 fully saturated rings. The fourth-order valence-electron chi connectivity index (χ4n) is 2.83. The van der Waals surface area contributed by atoms with Gasteiger partial charge >= 0.3 is 0 Å². The van der Waals surface area contributed by atoms with Crippen molar-refractivity contribution in [3.63, 3.8) is 0 Å². The zero-order valence-corrected chi connectivity index (χ0v) is 15.9. The Morgan fingerprint density at radius 3 is 2.65 bits per heavy atom. The number of carbonyl (C=O) groups is 1. The molecule has 0 bridgehead atoms. The van der Waals surface area contributed by atoms with E-state index in [4.69, 9.17) is 9.47 Å². The molecule has 3 rings (SSSR count). The van der Waals surface area contributed by atoms with E-state index in [0.717, 1.165) is 17.0 Å². The summed E-state index contributed by atoms with van der Waals surface area (Å²) in [6.07, 6.45) is 0. The molecule has 136 valence electrons. The smallest absolute Gasteiger partial charge is 0.251 e. The van der Waals surface area contributed by atoms with Crippen molar-refractivity contribution in [2.24, 2.45) is 0 Å². The van der Waals surface area contributed by atoms with Crippen LogP contribution >= 0.6 is 11.8 Å². The number of carbonyl (C=O) groups excluding carboxylic acids is 1. The molecule has 6 heteroatoms. The van der Waals surface area contributed by atoms with Gasteiger partial charge in [0.25, 0.3) is 5.91 Å². The summed E-state index contributed by atoms with van der Waals surface area (Å²) in [5.74, 6) is 1.82. The lowest BCUT2D eigenvalue weighted by Crippen LogP contribution is -2.25. The Morgan fingerprint density at radius 1 is 1.12 bits per heavy atom. The van der Waals surface area contributed by atoms with Crippen molar-refractivity contribution in [1.82, 2.24) is 10.3 Å². The fraction of sp³-hybridized carbons (Fsp3) is 0.250. The van der Waals surface area contributed by atoms with Gasteiger partial charge in [0.15, 0.2) is 11.5 Å². The summed E-state index contributed by atoms with van der Waals surface area (Å²) < 4.78 is 10.4. The van der Waals surface area contributed by atoms with Crippen molar-refractivity contribution in [2.75, 3.05) is 26.5 Å². The number of fused-ring (bicyclic) bond motifs is 1. The number of benzene rings is 2. The second kappa shape index (κ2) is 8.19. The molecule has 0 radical (unpaired) electrons. The molecular weight excluding hydrogens is 348 g/mol. The lowest BCUT2D eigenvalue weighted by atomic mass is 10.2. The number of hydrogen-bond acceptors (Lipinski definition) is 4. The third kappa shape index (κ3) is 3.80. The van der Waals surface area contributed by atoms with Crippen molar-refractivity contribution in [1.29, 1.82) is 0 Å². The average molecular weight is 370 g/mol. The number of thioether (sulfide) groups is 1. The van der Waals surface area contributed by atoms with Crippen LogP contribution in [0.15, 0.2) is 47.4 Å². The van der Waals surface area contributed by atoms with Gasteiger partial charge in [0.2, 0.25) is 0 Å². The van der Waals surface area contributed by atoms with Gasteiger partial charge in [-0.25, -0.2) is 0 Å². The van der Waals surface area contributed by atoms with Gasteiger partial charge in [0, 0.05) is 39.4 Å². The molecule has 0 unspecified atom stereocenters. The highest BCUT2D eigenvalue weighted by atomic mass is 32.2. The van der Waals surface area contributed by atoms with Gasteiger partial charge in [-0.2, -0.15) is 0 Å². The normalized spacial score (nSPS) is 10.7. The Labute approximate surface area is 157 Å². The molecule has 0 saturated carbocycles. The Morgan fingerprint density at radius 2 is 1.88 bits per heavy atom. The molecular formula is C20H22N2O3S. The van der Waals surface area contributed by atoms with Crippen molar-refractivity contribution in [2.45, 2.75) is 11.8 Å². The summed E-state index contributed by atoms with van der Waals surface area (Å²) in [6.45, 7) is 2.65. The number of para-hydroxylation sites is 1. The predicted molar refractivity (Wildman–Crippen MR) is 106 cm³/mol. The number of rotatable bonds is 7. The van der Waals surface area contributed by atoms with Crippen LogP contribution in [-0.2, 0) is 0 Å². The number of methoxy groups -OCH3 is 2. The topological polar surface area (TPSA) is 63.3 Å². The Balaban J connectivity index is 1.58. The molecule has 0 atom stereocenters. The largest absolute Gasteiger partial charge is 0.493 e. The van der Waals surface area contributed by atoms with E-state index in [0.29, 0.717) is 23.6 Å². The second-order valence-electron chi connectivity index (χ2n) is 5.80. The van der Waals surface area contributed by atoms with Gasteiger partial charge in [0.1, 0.15) is 0 Å². The fourth-order valence-corrected chi connectivity index (χ4v) is 3.84. The summed E-state index contributed by atoms with van der Waals surface area (Å²) >= 11 is 1.74. The zero-order valence-electron chi connectivity index (χ0n) is 15.1. The predicted octanol–water partition coefficient (Wildman–Crippen LogP) is 4.02. The highest BCUT2D eigenvalue weighted by Gasteiger charge is 2.11. The summed E-state index contributed by atoms with van der Waals surface area (Å²) in [4.78, 5) is 17.0. The molecule has 2 aromatic carbocycles. The third-order valence-electron chi connectivity index (χ3n) is 4.11. The summed E-state index contributed by atoms with van der Waals surface area (Å²) in [5, 5.41) is 4.17. The van der Waals surface area contributed by atoms with Crippen LogP contribution in [0, 0.1) is 6.92 Å². The number of amides is 1. The van der Waals surface area contributed by atoms with Gasteiger partial charge in [-0.1, -0.05) is 18.2 Å². The van der Waals surface area contributed by atoms with Crippen LogP contribution in [0.25, 0.3) is 10.9 Å². The minimum Gasteiger partial charge on any atom is -0.493 e. The first-order valence-corrected chi connectivity index (χ1v) is 9.33. The van der Waals surface area contributed by atoms with Crippen molar-refractivity contribution in [3.8, 4) is 11.5 Å². The first-order valence-electron chi connectivity index (χ1n) is 8.34. The van der Waals surface area contributed by atoms with Crippen LogP contribution in [0.1, 0.15) is 16.1 Å².